The summed E-state index contributed by atoms with van der Waals surface area (Å²) in [5.74, 6) is -3.10. The molecule has 6 heteroatoms. The van der Waals surface area contributed by atoms with E-state index in [1.807, 2.05) is 12.1 Å². The predicted octanol–water partition coefficient (Wildman–Crippen LogP) is 1.71. The van der Waals surface area contributed by atoms with Crippen LogP contribution in [0.1, 0.15) is 21.6 Å². The number of aliphatic carboxylic acids is 1. The highest BCUT2D eigenvalue weighted by molar-refractivity contribution is 6.08. The molecular weight excluding hydrogens is 260 g/mol. The number of pyridine rings is 1. The van der Waals surface area contributed by atoms with Crippen LogP contribution in [0.15, 0.2) is 48.6 Å². The summed E-state index contributed by atoms with van der Waals surface area (Å²) in [6, 6.07) is 5.46. The van der Waals surface area contributed by atoms with Gasteiger partial charge in [-0.2, -0.15) is 0 Å². The van der Waals surface area contributed by atoms with E-state index in [1.54, 1.807) is 18.5 Å². The van der Waals surface area contributed by atoms with Crippen LogP contribution >= 0.6 is 0 Å². The first kappa shape index (κ1) is 13.5. The maximum atomic E-state index is 11.9. The molecule has 0 amide bonds. The van der Waals surface area contributed by atoms with Crippen molar-refractivity contribution in [3.63, 3.8) is 0 Å². The van der Waals surface area contributed by atoms with Crippen LogP contribution in [0.2, 0.25) is 0 Å². The molecule has 0 aliphatic heterocycles. The fourth-order valence-corrected chi connectivity index (χ4v) is 1.73. The van der Waals surface area contributed by atoms with E-state index in [0.717, 1.165) is 5.69 Å². The van der Waals surface area contributed by atoms with Crippen LogP contribution in [-0.4, -0.2) is 31.9 Å². The summed E-state index contributed by atoms with van der Waals surface area (Å²) in [6.45, 7) is 0. The number of nitrogens with one attached hydrogen (secondary N) is 1. The first-order chi connectivity index (χ1) is 9.58. The predicted molar refractivity (Wildman–Crippen MR) is 70.5 cm³/mol. The van der Waals surface area contributed by atoms with Crippen LogP contribution in [0.25, 0.3) is 0 Å². The lowest BCUT2D eigenvalue weighted by Crippen LogP contribution is -2.05. The topological polar surface area (TPSA) is 103 Å². The molecule has 0 atom stereocenters. The standard InChI is InChI=1S/C14H12N2O4/c17-12(6-13(18)14(19)20)11-8-15-7-9(11)5-10-3-1-2-4-16-10/h1-4,6-8,15,18H,5H2,(H,19,20). The van der Waals surface area contributed by atoms with E-state index in [4.69, 9.17) is 10.2 Å². The molecule has 0 bridgehead atoms. The van der Waals surface area contributed by atoms with Crippen molar-refractivity contribution in [1.29, 1.82) is 0 Å². The first-order valence-corrected chi connectivity index (χ1v) is 5.82. The molecule has 0 fully saturated rings. The second-order valence-corrected chi connectivity index (χ2v) is 4.09. The minimum absolute atomic E-state index is 0.309. The Hall–Kier alpha value is -2.89. The molecule has 3 N–H and O–H groups in total. The number of aromatic amines is 1. The van der Waals surface area contributed by atoms with Gasteiger partial charge < -0.3 is 15.2 Å². The van der Waals surface area contributed by atoms with Gasteiger partial charge in [-0.05, 0) is 17.7 Å². The van der Waals surface area contributed by atoms with Gasteiger partial charge in [0.15, 0.2) is 5.78 Å². The Bertz CT molecular complexity index is 659. The highest BCUT2D eigenvalue weighted by Gasteiger charge is 2.14. The lowest BCUT2D eigenvalue weighted by Gasteiger charge is -2.01. The van der Waals surface area contributed by atoms with Gasteiger partial charge in [0, 0.05) is 42.3 Å². The van der Waals surface area contributed by atoms with Crippen molar-refractivity contribution in [2.75, 3.05) is 0 Å². The third kappa shape index (κ3) is 3.11. The number of rotatable bonds is 5. The molecule has 102 valence electrons. The van der Waals surface area contributed by atoms with Crippen molar-refractivity contribution >= 4 is 11.8 Å². The summed E-state index contributed by atoms with van der Waals surface area (Å²) in [7, 11) is 0. The number of ketones is 1. The molecular formula is C14H12N2O4. The molecule has 2 heterocycles. The third-order valence-electron chi connectivity index (χ3n) is 2.68. The zero-order valence-corrected chi connectivity index (χ0v) is 10.4. The highest BCUT2D eigenvalue weighted by atomic mass is 16.4. The maximum Gasteiger partial charge on any atom is 0.371 e. The Morgan fingerprint density at radius 2 is 2.05 bits per heavy atom. The van der Waals surface area contributed by atoms with Gasteiger partial charge in [0.25, 0.3) is 0 Å². The third-order valence-corrected chi connectivity index (χ3v) is 2.68. The van der Waals surface area contributed by atoms with Crippen LogP contribution < -0.4 is 0 Å². The second kappa shape index (κ2) is 5.83. The van der Waals surface area contributed by atoms with Gasteiger partial charge >= 0.3 is 5.97 Å². The van der Waals surface area contributed by atoms with Crippen molar-refractivity contribution in [3.05, 3.63) is 65.4 Å². The Kier molecular flexibility index (Phi) is 3.95. The molecule has 2 aromatic rings. The van der Waals surface area contributed by atoms with Crippen LogP contribution in [-0.2, 0) is 11.2 Å². The van der Waals surface area contributed by atoms with Crippen molar-refractivity contribution in [2.24, 2.45) is 0 Å². The van der Waals surface area contributed by atoms with Crippen LogP contribution in [0.4, 0.5) is 0 Å². The Labute approximate surface area is 114 Å². The van der Waals surface area contributed by atoms with E-state index in [2.05, 4.69) is 9.97 Å². The van der Waals surface area contributed by atoms with E-state index >= 15 is 0 Å². The lowest BCUT2D eigenvalue weighted by molar-refractivity contribution is -0.135. The molecule has 6 nitrogen and oxygen atoms in total. The van der Waals surface area contributed by atoms with E-state index in [1.165, 1.54) is 6.20 Å². The number of carboxylic acids is 1. The number of aliphatic hydroxyl groups is 1. The van der Waals surface area contributed by atoms with Gasteiger partial charge in [-0.15, -0.1) is 0 Å². The molecule has 0 spiro atoms. The molecule has 0 aliphatic carbocycles. The molecule has 0 saturated carbocycles. The second-order valence-electron chi connectivity index (χ2n) is 4.09. The number of hydrogen-bond donors (Lipinski definition) is 3. The number of carboxylic acid groups (broad SMARTS) is 1. The van der Waals surface area contributed by atoms with E-state index < -0.39 is 17.5 Å². The van der Waals surface area contributed by atoms with Crippen LogP contribution in [0, 0.1) is 0 Å². The number of allylic oxidation sites excluding steroid dienone is 1. The minimum Gasteiger partial charge on any atom is -0.502 e. The minimum atomic E-state index is -1.54. The van der Waals surface area contributed by atoms with Crippen LogP contribution in [0.5, 0.6) is 0 Å². The smallest absolute Gasteiger partial charge is 0.371 e. The SMILES string of the molecule is O=C(O)C(O)=CC(=O)c1c[nH]cc1Cc1ccccn1. The summed E-state index contributed by atoms with van der Waals surface area (Å²) < 4.78 is 0. The highest BCUT2D eigenvalue weighted by Crippen LogP contribution is 2.14. The van der Waals surface area contributed by atoms with Crippen molar-refractivity contribution in [1.82, 2.24) is 9.97 Å². The normalized spacial score (nSPS) is 11.3. The lowest BCUT2D eigenvalue weighted by atomic mass is 10.0. The number of carbonyl (C=O) groups excluding carboxylic acids is 1. The first-order valence-electron chi connectivity index (χ1n) is 5.82. The Morgan fingerprint density at radius 1 is 1.25 bits per heavy atom. The van der Waals surface area contributed by atoms with Gasteiger partial charge in [0.05, 0.1) is 0 Å². The summed E-state index contributed by atoms with van der Waals surface area (Å²) in [4.78, 5) is 29.3. The molecule has 0 aliphatic rings. The average molecular weight is 272 g/mol. The molecule has 0 aromatic carbocycles. The number of carbonyl (C=O) groups is 2. The summed E-state index contributed by atoms with van der Waals surface area (Å²) in [6.07, 6.45) is 5.89. The largest absolute Gasteiger partial charge is 0.502 e. The van der Waals surface area contributed by atoms with E-state index in [-0.39, 0.29) is 0 Å². The zero-order valence-electron chi connectivity index (χ0n) is 10.4. The summed E-state index contributed by atoms with van der Waals surface area (Å²) in [5.41, 5.74) is 1.78. The Balaban J connectivity index is 2.23. The number of aliphatic hydroxyl groups excluding tert-OH is 1. The van der Waals surface area contributed by atoms with Crippen molar-refractivity contribution in [2.45, 2.75) is 6.42 Å². The number of H-pyrrole nitrogens is 1. The number of nitrogens with zero attached hydrogens (tertiary/aromatic N) is 1. The fourth-order valence-electron chi connectivity index (χ4n) is 1.73. The summed E-state index contributed by atoms with van der Waals surface area (Å²) >= 11 is 0. The van der Waals surface area contributed by atoms with Gasteiger partial charge in [-0.25, -0.2) is 4.79 Å². The van der Waals surface area contributed by atoms with Gasteiger partial charge in [0.1, 0.15) is 0 Å². The van der Waals surface area contributed by atoms with Gasteiger partial charge in [-0.1, -0.05) is 6.07 Å². The van der Waals surface area contributed by atoms with Gasteiger partial charge in [-0.3, -0.25) is 9.78 Å². The quantitative estimate of drug-likeness (QED) is 0.436. The number of aromatic nitrogens is 2. The van der Waals surface area contributed by atoms with Crippen molar-refractivity contribution < 1.29 is 19.8 Å². The molecule has 0 saturated heterocycles. The monoisotopic (exact) mass is 272 g/mol. The molecule has 2 aromatic heterocycles. The Morgan fingerprint density at radius 3 is 2.70 bits per heavy atom. The molecule has 2 rings (SSSR count). The zero-order chi connectivity index (χ0) is 14.5. The van der Waals surface area contributed by atoms with Crippen molar-refractivity contribution in [3.8, 4) is 0 Å². The van der Waals surface area contributed by atoms with E-state index in [0.29, 0.717) is 23.6 Å². The molecule has 0 unspecified atom stereocenters. The fraction of sp³-hybridized carbons (Fsp3) is 0.0714. The van der Waals surface area contributed by atoms with E-state index in [9.17, 15) is 9.59 Å². The van der Waals surface area contributed by atoms with Crippen LogP contribution in [0.3, 0.4) is 0 Å². The number of hydrogen-bond acceptors (Lipinski definition) is 4. The molecule has 0 radical (unpaired) electrons. The average Bonchev–Trinajstić information content (AvgIpc) is 2.88. The maximum absolute atomic E-state index is 11.9. The molecule has 20 heavy (non-hydrogen) atoms. The van der Waals surface area contributed by atoms with Gasteiger partial charge in [0.2, 0.25) is 5.76 Å². The summed E-state index contributed by atoms with van der Waals surface area (Å²) in [5, 5.41) is 17.6.